The van der Waals surface area contributed by atoms with Crippen LogP contribution in [-0.4, -0.2) is 46.8 Å². The van der Waals surface area contributed by atoms with Crippen LogP contribution in [0.1, 0.15) is 36.0 Å². The highest BCUT2D eigenvalue weighted by molar-refractivity contribution is 7.20. The number of carbonyl (C=O) groups is 3. The van der Waals surface area contributed by atoms with E-state index >= 15 is 0 Å². The molecular weight excluding hydrogens is 452 g/mol. The third kappa shape index (κ3) is 4.18. The number of benzene rings is 2. The molecule has 10 heteroatoms. The van der Waals surface area contributed by atoms with Crippen molar-refractivity contribution < 1.29 is 27.9 Å². The Hall–Kier alpha value is -3.40. The first-order valence-electron chi connectivity index (χ1n) is 10.6. The number of rotatable bonds is 4. The monoisotopic (exact) mass is 471 g/mol. The number of halogens is 2. The molecular formula is C23H19F2N3O4S. The first-order chi connectivity index (χ1) is 15.9. The molecule has 5 rings (SSSR count). The van der Waals surface area contributed by atoms with E-state index in [4.69, 9.17) is 4.74 Å². The number of nitrogens with zero attached hydrogens (tertiary/aromatic N) is 3. The normalized spacial score (nSPS) is 17.3. The molecule has 0 unspecified atom stereocenters. The van der Waals surface area contributed by atoms with E-state index in [1.165, 1.54) is 6.07 Å². The predicted molar refractivity (Wildman–Crippen MR) is 117 cm³/mol. The van der Waals surface area contributed by atoms with E-state index in [9.17, 15) is 23.2 Å². The average Bonchev–Trinajstić information content (AvgIpc) is 3.36. The summed E-state index contributed by atoms with van der Waals surface area (Å²) in [7, 11) is 0. The van der Waals surface area contributed by atoms with Gasteiger partial charge in [-0.3, -0.25) is 19.3 Å². The van der Waals surface area contributed by atoms with Gasteiger partial charge < -0.3 is 9.64 Å². The maximum absolute atomic E-state index is 13.9. The number of thiazole rings is 1. The Kier molecular flexibility index (Phi) is 5.53. The Morgan fingerprint density at radius 2 is 1.79 bits per heavy atom. The SMILES string of the molecule is O=C(c1cccc(N2C(=O)CCC2=O)c1)N1CCC(Oc2nc3c(F)cc(F)cc3s2)CC1. The smallest absolute Gasteiger partial charge is 0.274 e. The number of hydrogen-bond donors (Lipinski definition) is 0. The number of ether oxygens (including phenoxy) is 1. The summed E-state index contributed by atoms with van der Waals surface area (Å²) in [4.78, 5) is 43.9. The summed E-state index contributed by atoms with van der Waals surface area (Å²) in [5.41, 5.74) is 0.896. The van der Waals surface area contributed by atoms with E-state index in [0.29, 0.717) is 41.9 Å². The topological polar surface area (TPSA) is 79.8 Å². The van der Waals surface area contributed by atoms with Crippen LogP contribution in [0.5, 0.6) is 5.19 Å². The van der Waals surface area contributed by atoms with Gasteiger partial charge in [0.2, 0.25) is 11.8 Å². The number of likely N-dealkylation sites (tertiary alicyclic amines) is 1. The van der Waals surface area contributed by atoms with Crippen LogP contribution in [0.25, 0.3) is 10.2 Å². The molecule has 2 fully saturated rings. The highest BCUT2D eigenvalue weighted by Crippen LogP contribution is 2.32. The summed E-state index contributed by atoms with van der Waals surface area (Å²) in [6.07, 6.45) is 1.28. The van der Waals surface area contributed by atoms with Crippen molar-refractivity contribution in [1.82, 2.24) is 9.88 Å². The van der Waals surface area contributed by atoms with Gasteiger partial charge >= 0.3 is 0 Å². The molecule has 0 spiro atoms. The Morgan fingerprint density at radius 3 is 2.52 bits per heavy atom. The molecule has 2 aromatic carbocycles. The first-order valence-corrected chi connectivity index (χ1v) is 11.4. The number of hydrogen-bond acceptors (Lipinski definition) is 6. The lowest BCUT2D eigenvalue weighted by Crippen LogP contribution is -2.41. The van der Waals surface area contributed by atoms with Crippen molar-refractivity contribution in [2.45, 2.75) is 31.8 Å². The molecule has 2 saturated heterocycles. The molecule has 3 aromatic rings. The molecule has 1 aromatic heterocycles. The second kappa shape index (κ2) is 8.51. The second-order valence-corrected chi connectivity index (χ2v) is 8.99. The lowest BCUT2D eigenvalue weighted by Gasteiger charge is -2.31. The predicted octanol–water partition coefficient (Wildman–Crippen LogP) is 3.91. The number of piperidine rings is 1. The van der Waals surface area contributed by atoms with E-state index in [1.807, 2.05) is 0 Å². The number of fused-ring (bicyclic) bond motifs is 1. The van der Waals surface area contributed by atoms with Gasteiger partial charge in [-0.25, -0.2) is 8.78 Å². The summed E-state index contributed by atoms with van der Waals surface area (Å²) >= 11 is 1.08. The Labute approximate surface area is 191 Å². The zero-order valence-corrected chi connectivity index (χ0v) is 18.2. The number of imide groups is 1. The molecule has 0 N–H and O–H groups in total. The molecule has 0 radical (unpaired) electrons. The van der Waals surface area contributed by atoms with E-state index in [2.05, 4.69) is 4.98 Å². The van der Waals surface area contributed by atoms with Crippen molar-refractivity contribution in [3.05, 3.63) is 53.6 Å². The summed E-state index contributed by atoms with van der Waals surface area (Å²) < 4.78 is 33.5. The van der Waals surface area contributed by atoms with Gasteiger partial charge in [-0.05, 0) is 24.3 Å². The molecule has 170 valence electrons. The fourth-order valence-corrected chi connectivity index (χ4v) is 5.05. The van der Waals surface area contributed by atoms with Gasteiger partial charge in [-0.1, -0.05) is 17.4 Å². The molecule has 3 heterocycles. The van der Waals surface area contributed by atoms with E-state index in [1.54, 1.807) is 29.2 Å². The van der Waals surface area contributed by atoms with Crippen LogP contribution in [0.15, 0.2) is 36.4 Å². The van der Waals surface area contributed by atoms with Crippen LogP contribution >= 0.6 is 11.3 Å². The van der Waals surface area contributed by atoms with Crippen molar-refractivity contribution in [3.63, 3.8) is 0 Å². The molecule has 0 saturated carbocycles. The van der Waals surface area contributed by atoms with Gasteiger partial charge in [0.05, 0.1) is 10.4 Å². The number of amides is 3. The molecule has 2 aliphatic rings. The maximum Gasteiger partial charge on any atom is 0.274 e. The van der Waals surface area contributed by atoms with Gasteiger partial charge in [0.25, 0.3) is 11.1 Å². The fraction of sp³-hybridized carbons (Fsp3) is 0.304. The zero-order valence-electron chi connectivity index (χ0n) is 17.4. The number of aromatic nitrogens is 1. The quantitative estimate of drug-likeness (QED) is 0.539. The van der Waals surface area contributed by atoms with Crippen LogP contribution in [-0.2, 0) is 9.59 Å². The van der Waals surface area contributed by atoms with Gasteiger partial charge in [0.1, 0.15) is 17.4 Å². The molecule has 33 heavy (non-hydrogen) atoms. The van der Waals surface area contributed by atoms with Crippen molar-refractivity contribution in [2.24, 2.45) is 0 Å². The Morgan fingerprint density at radius 1 is 1.06 bits per heavy atom. The molecule has 0 aliphatic carbocycles. The third-order valence-electron chi connectivity index (χ3n) is 5.79. The Bertz CT molecular complexity index is 1250. The number of anilines is 1. The van der Waals surface area contributed by atoms with Crippen LogP contribution in [0.4, 0.5) is 14.5 Å². The molecule has 0 atom stereocenters. The van der Waals surface area contributed by atoms with Gasteiger partial charge in [0, 0.05) is 50.4 Å². The fourth-order valence-electron chi connectivity index (χ4n) is 4.13. The maximum atomic E-state index is 13.9. The van der Waals surface area contributed by atoms with E-state index in [0.717, 1.165) is 22.3 Å². The highest BCUT2D eigenvalue weighted by Gasteiger charge is 2.31. The standard InChI is InChI=1S/C23H19F2N3O4S/c24-14-11-17(25)21-18(12-14)33-23(26-21)32-16-6-8-27(9-7-16)22(31)13-2-1-3-15(10-13)28-19(29)4-5-20(28)30/h1-3,10-12,16H,4-9H2. The average molecular weight is 471 g/mol. The summed E-state index contributed by atoms with van der Waals surface area (Å²) in [5.74, 6) is -2.10. The van der Waals surface area contributed by atoms with Crippen LogP contribution in [0.3, 0.4) is 0 Å². The lowest BCUT2D eigenvalue weighted by atomic mass is 10.1. The highest BCUT2D eigenvalue weighted by atomic mass is 32.1. The minimum absolute atomic E-state index is 0.0823. The molecule has 2 aliphatic heterocycles. The van der Waals surface area contributed by atoms with E-state index in [-0.39, 0.29) is 47.4 Å². The number of carbonyl (C=O) groups excluding carboxylic acids is 3. The Balaban J connectivity index is 1.23. The molecule has 7 nitrogen and oxygen atoms in total. The second-order valence-electron chi connectivity index (χ2n) is 8.00. The summed E-state index contributed by atoms with van der Waals surface area (Å²) in [6, 6.07) is 8.55. The van der Waals surface area contributed by atoms with Crippen molar-refractivity contribution in [2.75, 3.05) is 18.0 Å². The molecule has 3 amide bonds. The van der Waals surface area contributed by atoms with Crippen LogP contribution in [0.2, 0.25) is 0 Å². The van der Waals surface area contributed by atoms with Crippen LogP contribution < -0.4 is 9.64 Å². The summed E-state index contributed by atoms with van der Waals surface area (Å²) in [6.45, 7) is 0.895. The lowest BCUT2D eigenvalue weighted by molar-refractivity contribution is -0.121. The zero-order chi connectivity index (χ0) is 23.1. The van der Waals surface area contributed by atoms with Gasteiger partial charge in [-0.15, -0.1) is 0 Å². The third-order valence-corrected chi connectivity index (χ3v) is 6.69. The minimum atomic E-state index is -0.726. The van der Waals surface area contributed by atoms with Crippen LogP contribution in [0, 0.1) is 11.6 Å². The van der Waals surface area contributed by atoms with Crippen molar-refractivity contribution in [1.29, 1.82) is 0 Å². The first kappa shape index (κ1) is 21.4. The van der Waals surface area contributed by atoms with E-state index < -0.39 is 11.6 Å². The molecule has 0 bridgehead atoms. The van der Waals surface area contributed by atoms with Crippen molar-refractivity contribution in [3.8, 4) is 5.19 Å². The minimum Gasteiger partial charge on any atom is -0.467 e. The largest absolute Gasteiger partial charge is 0.467 e. The van der Waals surface area contributed by atoms with Crippen molar-refractivity contribution >= 4 is 45.0 Å². The summed E-state index contributed by atoms with van der Waals surface area (Å²) in [5, 5.41) is 0.270. The van der Waals surface area contributed by atoms with Gasteiger partial charge in [0.15, 0.2) is 5.82 Å². The van der Waals surface area contributed by atoms with Gasteiger partial charge in [-0.2, -0.15) is 4.98 Å².